The molecule has 0 N–H and O–H groups in total. The van der Waals surface area contributed by atoms with Crippen molar-refractivity contribution in [2.24, 2.45) is 4.99 Å². The summed E-state index contributed by atoms with van der Waals surface area (Å²) in [5.74, 6) is -2.80. The van der Waals surface area contributed by atoms with Gasteiger partial charge in [-0.2, -0.15) is 18.6 Å². The second-order valence-corrected chi connectivity index (χ2v) is 23.0. The molecule has 6 aromatic rings. The molecule has 0 amide bonds. The Morgan fingerprint density at radius 1 is 0.642 bits per heavy atom. The Bertz CT molecular complexity index is 3160. The number of aryl methyl sites for hydroxylation is 2. The third kappa shape index (κ3) is 22.1. The number of ether oxygens (including phenoxy) is 5. The second-order valence-electron chi connectivity index (χ2n) is 19.8. The van der Waals surface area contributed by atoms with Gasteiger partial charge in [0.1, 0.15) is 22.7 Å². The number of nitrogens with zero attached hydrogens (tertiary/aromatic N) is 3. The zero-order valence-electron chi connectivity index (χ0n) is 48.0. The van der Waals surface area contributed by atoms with Gasteiger partial charge >= 0.3 is 59.8 Å². The number of carbonyl (C=O) groups excluding carboxylic acids is 5. The van der Waals surface area contributed by atoms with E-state index in [0.29, 0.717) is 73.1 Å². The number of rotatable bonds is 15. The Kier molecular flexibility index (Phi) is 29.1. The number of aromatic nitrogens is 2. The van der Waals surface area contributed by atoms with Crippen LogP contribution in [0.2, 0.25) is 0 Å². The predicted molar refractivity (Wildman–Crippen MR) is 320 cm³/mol. The van der Waals surface area contributed by atoms with Gasteiger partial charge in [-0.05, 0) is 135 Å². The summed E-state index contributed by atoms with van der Waals surface area (Å²) in [5.41, 5.74) is 6.95. The average Bonchev–Trinajstić information content (AvgIpc) is 4.24. The van der Waals surface area contributed by atoms with Crippen LogP contribution in [0.4, 0.5) is 8.78 Å². The van der Waals surface area contributed by atoms with E-state index in [0.717, 1.165) is 65.0 Å². The molecule has 1 aliphatic heterocycles. The van der Waals surface area contributed by atoms with Crippen LogP contribution in [-0.2, 0) is 64.1 Å². The van der Waals surface area contributed by atoms with Gasteiger partial charge in [0.2, 0.25) is 10.0 Å². The molecular weight excluding hydrogens is 1260 g/mol. The fourth-order valence-corrected chi connectivity index (χ4v) is 9.78. The molecular formula is C61H69Br2F2N3O10S2Zn. The molecule has 0 unspecified atom stereocenters. The zero-order valence-corrected chi connectivity index (χ0v) is 55.8. The van der Waals surface area contributed by atoms with E-state index in [4.69, 9.17) is 14.2 Å². The molecule has 2 aromatic heterocycles. The zero-order chi connectivity index (χ0) is 60.6. The minimum atomic E-state index is -0.629. The number of allylic oxidation sites excluding steroid dienone is 2. The van der Waals surface area contributed by atoms with Crippen LogP contribution in [0, 0.1) is 18.6 Å². The van der Waals surface area contributed by atoms with Crippen LogP contribution >= 0.6 is 52.2 Å². The number of hydrogen-bond acceptors (Lipinski definition) is 15. The number of hydrogen-bond donors (Lipinski definition) is 0. The molecule has 0 aliphatic carbocycles. The molecule has 4 aromatic carbocycles. The third-order valence-electron chi connectivity index (χ3n) is 11.1. The number of thiazole rings is 2. The molecule has 430 valence electrons. The van der Waals surface area contributed by atoms with Crippen LogP contribution in [0.25, 0.3) is 22.3 Å². The second kappa shape index (κ2) is 34.0. The van der Waals surface area contributed by atoms with E-state index >= 15 is 4.39 Å². The Morgan fingerprint density at radius 2 is 1.14 bits per heavy atom. The van der Waals surface area contributed by atoms with Crippen molar-refractivity contribution in [3.8, 4) is 22.3 Å². The number of aliphatic imine (C=N–C) groups is 1. The van der Waals surface area contributed by atoms with Gasteiger partial charge in [-0.1, -0.05) is 106 Å². The Balaban J connectivity index is 0.000000306. The molecule has 0 atom stereocenters. The van der Waals surface area contributed by atoms with Crippen molar-refractivity contribution >= 4 is 87.8 Å². The summed E-state index contributed by atoms with van der Waals surface area (Å²) < 4.78 is 54.6. The molecule has 13 nitrogen and oxygen atoms in total. The first-order valence-electron chi connectivity index (χ1n) is 25.8. The summed E-state index contributed by atoms with van der Waals surface area (Å²) in [6.45, 7) is 20.6. The molecule has 0 saturated carbocycles. The van der Waals surface area contributed by atoms with Crippen LogP contribution in [0.1, 0.15) is 157 Å². The fraction of sp³-hybridized carbons (Fsp3) is 0.361. The Morgan fingerprint density at radius 3 is 1.62 bits per heavy atom. The summed E-state index contributed by atoms with van der Waals surface area (Å²) in [4.78, 5) is 71.6. The fourth-order valence-electron chi connectivity index (χ4n) is 7.51. The first-order chi connectivity index (χ1) is 38.4. The van der Waals surface area contributed by atoms with E-state index in [1.54, 1.807) is 72.8 Å². The van der Waals surface area contributed by atoms with E-state index in [1.165, 1.54) is 72.5 Å². The van der Waals surface area contributed by atoms with Crippen molar-refractivity contribution in [2.45, 2.75) is 125 Å². The SMILES string of the molecule is CCCC1=C(Cc2ccc(-c3ccccc3C(=O)OC(C)(C)C)cc2F)CC(C(=O)OC)=N1.CCCc1csc(C(=O)OC)n1.CCCc1nc(C(=O)OC)sc1Br.[CH2-]c1ccc(-c2ccccc2C(=O)OC(C)(C)C)cc1F.[Zn+][Br]. The average molecular weight is 1330 g/mol. The Labute approximate surface area is 507 Å². The van der Waals surface area contributed by atoms with Crippen LogP contribution in [0.5, 0.6) is 0 Å². The van der Waals surface area contributed by atoms with Crippen molar-refractivity contribution in [3.05, 3.63) is 168 Å². The van der Waals surface area contributed by atoms with Gasteiger partial charge in [0.05, 0.1) is 47.6 Å². The summed E-state index contributed by atoms with van der Waals surface area (Å²) in [6.07, 6.45) is 6.19. The summed E-state index contributed by atoms with van der Waals surface area (Å²) in [7, 11) is 4.05. The summed E-state index contributed by atoms with van der Waals surface area (Å²) >= 11 is 10.3. The van der Waals surface area contributed by atoms with Gasteiger partial charge in [0.25, 0.3) is 0 Å². The van der Waals surface area contributed by atoms with Crippen molar-refractivity contribution in [3.63, 3.8) is 0 Å². The Hall–Kier alpha value is -5.79. The molecule has 81 heavy (non-hydrogen) atoms. The van der Waals surface area contributed by atoms with Crippen LogP contribution in [-0.4, -0.2) is 78.1 Å². The minimum absolute atomic E-state index is 0.327. The normalized spacial score (nSPS) is 11.7. The topological polar surface area (TPSA) is 170 Å². The monoisotopic (exact) mass is 1330 g/mol. The first kappa shape index (κ1) is 69.5. The summed E-state index contributed by atoms with van der Waals surface area (Å²) in [6, 6.07) is 23.7. The van der Waals surface area contributed by atoms with Crippen molar-refractivity contribution in [1.29, 1.82) is 0 Å². The molecule has 3 heterocycles. The predicted octanol–water partition coefficient (Wildman–Crippen LogP) is 16.1. The van der Waals surface area contributed by atoms with Crippen LogP contribution in [0.3, 0.4) is 0 Å². The molecule has 0 saturated heterocycles. The van der Waals surface area contributed by atoms with E-state index in [2.05, 4.69) is 74.8 Å². The number of halogens is 4. The maximum atomic E-state index is 15.2. The van der Waals surface area contributed by atoms with Crippen molar-refractivity contribution in [1.82, 2.24) is 9.97 Å². The van der Waals surface area contributed by atoms with Gasteiger partial charge < -0.3 is 23.7 Å². The molecule has 0 fully saturated rings. The molecule has 0 spiro atoms. The van der Waals surface area contributed by atoms with Crippen molar-refractivity contribution < 1.29 is 72.8 Å². The van der Waals surface area contributed by atoms with E-state index in [1.807, 2.05) is 53.8 Å². The number of methoxy groups -OCH3 is 3. The van der Waals surface area contributed by atoms with Gasteiger partial charge in [0.15, 0.2) is 0 Å². The quantitative estimate of drug-likeness (QED) is 0.0413. The van der Waals surface area contributed by atoms with E-state index in [9.17, 15) is 28.4 Å². The van der Waals surface area contributed by atoms with E-state index < -0.39 is 34.9 Å². The first-order valence-corrected chi connectivity index (χ1v) is 35.3. The molecule has 20 heteroatoms. The van der Waals surface area contributed by atoms with E-state index in [-0.39, 0.29) is 17.8 Å². The van der Waals surface area contributed by atoms with Crippen molar-refractivity contribution in [2.75, 3.05) is 21.3 Å². The number of carbonyl (C=O) groups is 5. The molecule has 7 rings (SSSR count). The molecule has 0 radical (unpaired) electrons. The van der Waals surface area contributed by atoms with Gasteiger partial charge in [-0.15, -0.1) is 17.4 Å². The van der Waals surface area contributed by atoms with Gasteiger partial charge in [-0.25, -0.2) is 43.3 Å². The summed E-state index contributed by atoms with van der Waals surface area (Å²) in [5, 5.41) is 2.76. The standard InChI is InChI=1S/C27H30FNO4.C18H18FO2.C8H10BrNO2S.C8H11NO2S.BrH.Zn/c1-6-9-23-19(16-24(29-23)26(31)32-5)14-18-13-12-17(15-22(18)28)20-10-7-8-11-21(20)25(30)33-27(2,3)4;1-12-9-10-13(11-16(12)19)14-7-5-6-8-15(14)17(20)21-18(2,3)4;1-3-4-5-6(9)13-7(10-5)8(11)12-2;1-3-4-6-5-12-7(9-6)8(10)11-2;;/h7-8,10-13,15H,6,9,14,16H2,1-5H3;5-11H,1H2,2-4H3;3-4H2,1-2H3;5H,3-4H2,1-2H3;1H;/q;-1;;;;+2/p-1. The molecule has 1 aliphatic rings. The number of esters is 5. The van der Waals surface area contributed by atoms with Gasteiger partial charge in [-0.3, -0.25) is 4.39 Å². The van der Waals surface area contributed by atoms with Crippen LogP contribution in [0.15, 0.2) is 110 Å². The van der Waals surface area contributed by atoms with Crippen LogP contribution < -0.4 is 0 Å². The molecule has 0 bridgehead atoms. The van der Waals surface area contributed by atoms with Gasteiger partial charge in [0, 0.05) is 23.3 Å². The third-order valence-corrected chi connectivity index (χ3v) is 13.8. The maximum absolute atomic E-state index is 15.2. The number of benzene rings is 4.